The fraction of sp³-hybridized carbons (Fsp3) is 0.100. The molecule has 0 spiro atoms. The summed E-state index contributed by atoms with van der Waals surface area (Å²) in [6, 6.07) is 25.4. The van der Waals surface area contributed by atoms with Gasteiger partial charge in [0.1, 0.15) is 0 Å². The van der Waals surface area contributed by atoms with E-state index in [0.29, 0.717) is 6.61 Å². The molecule has 2 nitrogen and oxygen atoms in total. The van der Waals surface area contributed by atoms with Crippen LogP contribution in [0, 0.1) is 0 Å². The molecule has 0 fully saturated rings. The molecule has 0 unspecified atom stereocenters. The van der Waals surface area contributed by atoms with Crippen molar-refractivity contribution in [1.82, 2.24) is 0 Å². The van der Waals surface area contributed by atoms with E-state index in [2.05, 4.69) is 60.7 Å². The van der Waals surface area contributed by atoms with Crippen LogP contribution >= 0.6 is 0 Å². The molecule has 0 N–H and O–H groups in total. The molecule has 1 heterocycles. The van der Waals surface area contributed by atoms with Crippen LogP contribution in [0.2, 0.25) is 0 Å². The SMILES string of the molecule is CCOc1ccc([As]2c3ccccc3Oc3ccccc32)cc1. The Morgan fingerprint density at radius 2 is 1.35 bits per heavy atom. The predicted octanol–water partition coefficient (Wildman–Crippen LogP) is 2.71. The van der Waals surface area contributed by atoms with Crippen molar-refractivity contribution in [3.05, 3.63) is 72.8 Å². The molecule has 0 saturated heterocycles. The van der Waals surface area contributed by atoms with Crippen molar-refractivity contribution in [2.24, 2.45) is 0 Å². The van der Waals surface area contributed by atoms with Crippen LogP contribution < -0.4 is 22.5 Å². The molecular formula is C20H17AsO2. The standard InChI is InChI=1S/C20H17AsO2/c1-2-22-16-13-11-15(12-14-16)21-17-7-3-5-9-19(17)23-20-10-6-4-8-18(20)21/h3-14H,2H2,1H3. The van der Waals surface area contributed by atoms with Crippen LogP contribution in [0.3, 0.4) is 0 Å². The molecule has 4 rings (SSSR count). The van der Waals surface area contributed by atoms with Gasteiger partial charge in [-0.2, -0.15) is 0 Å². The Labute approximate surface area is 140 Å². The number of rotatable bonds is 3. The van der Waals surface area contributed by atoms with Crippen molar-refractivity contribution in [3.63, 3.8) is 0 Å². The Morgan fingerprint density at radius 3 is 1.91 bits per heavy atom. The topological polar surface area (TPSA) is 18.5 Å². The molecule has 3 aromatic rings. The van der Waals surface area contributed by atoms with E-state index in [0.717, 1.165) is 17.2 Å². The third-order valence-corrected chi connectivity index (χ3v) is 9.12. The molecule has 0 saturated carbocycles. The number of fused-ring (bicyclic) bond motifs is 2. The molecule has 0 bridgehead atoms. The number of hydrogen-bond donors (Lipinski definition) is 0. The second-order valence-corrected chi connectivity index (χ2v) is 9.81. The van der Waals surface area contributed by atoms with Crippen molar-refractivity contribution >= 4 is 27.7 Å². The summed E-state index contributed by atoms with van der Waals surface area (Å²) in [4.78, 5) is 0. The van der Waals surface area contributed by atoms with Crippen LogP contribution in [0.25, 0.3) is 0 Å². The van der Waals surface area contributed by atoms with Crippen LogP contribution in [0.15, 0.2) is 72.8 Å². The molecule has 1 aliphatic heterocycles. The molecule has 23 heavy (non-hydrogen) atoms. The van der Waals surface area contributed by atoms with E-state index in [-0.39, 0.29) is 0 Å². The second kappa shape index (κ2) is 6.14. The zero-order valence-corrected chi connectivity index (χ0v) is 14.8. The van der Waals surface area contributed by atoms with Gasteiger partial charge in [0.05, 0.1) is 0 Å². The molecule has 3 heteroatoms. The van der Waals surface area contributed by atoms with Gasteiger partial charge in [0.2, 0.25) is 0 Å². The normalized spacial score (nSPS) is 12.9. The fourth-order valence-corrected chi connectivity index (χ4v) is 7.91. The second-order valence-electron chi connectivity index (χ2n) is 5.30. The molecule has 0 aromatic heterocycles. The third kappa shape index (κ3) is 2.64. The fourth-order valence-electron chi connectivity index (χ4n) is 2.84. The Balaban J connectivity index is 1.84. The summed E-state index contributed by atoms with van der Waals surface area (Å²) < 4.78 is 15.8. The van der Waals surface area contributed by atoms with Gasteiger partial charge in [-0.25, -0.2) is 0 Å². The Kier molecular flexibility index (Phi) is 3.85. The summed E-state index contributed by atoms with van der Waals surface area (Å²) in [7, 11) is 0. The van der Waals surface area contributed by atoms with Gasteiger partial charge in [-0.05, 0) is 0 Å². The van der Waals surface area contributed by atoms with E-state index in [1.807, 2.05) is 19.1 Å². The maximum absolute atomic E-state index is 6.10. The van der Waals surface area contributed by atoms with Gasteiger partial charge in [0.25, 0.3) is 0 Å². The summed E-state index contributed by atoms with van der Waals surface area (Å²) in [5, 5.41) is 0. The average Bonchev–Trinajstić information content (AvgIpc) is 2.61. The zero-order valence-electron chi connectivity index (χ0n) is 12.9. The van der Waals surface area contributed by atoms with Crippen molar-refractivity contribution in [2.45, 2.75) is 6.92 Å². The van der Waals surface area contributed by atoms with Crippen molar-refractivity contribution < 1.29 is 9.47 Å². The molecule has 0 amide bonds. The van der Waals surface area contributed by atoms with Crippen LogP contribution in [-0.2, 0) is 0 Å². The summed E-state index contributed by atoms with van der Waals surface area (Å²) in [5.74, 6) is 2.93. The van der Waals surface area contributed by atoms with E-state index in [9.17, 15) is 0 Å². The average molecular weight is 364 g/mol. The molecular weight excluding hydrogens is 347 g/mol. The quantitative estimate of drug-likeness (QED) is 0.521. The Morgan fingerprint density at radius 1 is 0.783 bits per heavy atom. The first kappa shape index (κ1) is 14.4. The summed E-state index contributed by atoms with van der Waals surface area (Å²) in [5.41, 5.74) is 0. The van der Waals surface area contributed by atoms with Gasteiger partial charge in [-0.3, -0.25) is 0 Å². The van der Waals surface area contributed by atoms with E-state index < -0.39 is 14.7 Å². The van der Waals surface area contributed by atoms with Gasteiger partial charge in [0.15, 0.2) is 0 Å². The first-order valence-electron chi connectivity index (χ1n) is 7.76. The van der Waals surface area contributed by atoms with Gasteiger partial charge in [-0.1, -0.05) is 0 Å². The van der Waals surface area contributed by atoms with Crippen LogP contribution in [-0.4, -0.2) is 21.3 Å². The van der Waals surface area contributed by atoms with Gasteiger partial charge in [0, 0.05) is 0 Å². The van der Waals surface area contributed by atoms with E-state index in [1.165, 1.54) is 13.1 Å². The van der Waals surface area contributed by atoms with Crippen molar-refractivity contribution in [3.8, 4) is 17.2 Å². The summed E-state index contributed by atoms with van der Waals surface area (Å²) in [6.45, 7) is 2.70. The van der Waals surface area contributed by atoms with Gasteiger partial charge in [-0.15, -0.1) is 0 Å². The minimum atomic E-state index is -1.59. The number of benzene rings is 3. The van der Waals surface area contributed by atoms with Crippen LogP contribution in [0.5, 0.6) is 17.2 Å². The molecule has 0 atom stereocenters. The number of hydrogen-bond acceptors (Lipinski definition) is 2. The molecule has 3 aromatic carbocycles. The Bertz CT molecular complexity index is 782. The monoisotopic (exact) mass is 364 g/mol. The third-order valence-electron chi connectivity index (χ3n) is 3.84. The molecule has 114 valence electrons. The molecule has 0 aliphatic carbocycles. The summed E-state index contributed by atoms with van der Waals surface area (Å²) in [6.07, 6.45) is 0. The summed E-state index contributed by atoms with van der Waals surface area (Å²) >= 11 is -1.59. The minimum absolute atomic E-state index is 0.695. The van der Waals surface area contributed by atoms with E-state index >= 15 is 0 Å². The number of para-hydroxylation sites is 2. The Hall–Kier alpha value is -2.18. The van der Waals surface area contributed by atoms with Crippen molar-refractivity contribution in [1.29, 1.82) is 0 Å². The first-order valence-corrected chi connectivity index (χ1v) is 10.6. The van der Waals surface area contributed by atoms with E-state index in [4.69, 9.17) is 9.47 Å². The molecule has 1 aliphatic rings. The van der Waals surface area contributed by atoms with Crippen LogP contribution in [0.4, 0.5) is 0 Å². The number of ether oxygens (including phenoxy) is 2. The van der Waals surface area contributed by atoms with Gasteiger partial charge >= 0.3 is 141 Å². The first-order chi connectivity index (χ1) is 11.4. The zero-order chi connectivity index (χ0) is 15.6. The van der Waals surface area contributed by atoms with Crippen LogP contribution in [0.1, 0.15) is 6.92 Å². The predicted molar refractivity (Wildman–Crippen MR) is 95.2 cm³/mol. The maximum atomic E-state index is 6.10. The van der Waals surface area contributed by atoms with E-state index in [1.54, 1.807) is 0 Å². The van der Waals surface area contributed by atoms with Crippen molar-refractivity contribution in [2.75, 3.05) is 6.61 Å². The molecule has 0 radical (unpaired) electrons. The van der Waals surface area contributed by atoms with Gasteiger partial charge < -0.3 is 0 Å².